The number of hydrogen-bond donors (Lipinski definition) is 2. The average molecular weight is 344 g/mol. The number of carbonyl (C=O) groups excluding carboxylic acids is 1. The predicted molar refractivity (Wildman–Crippen MR) is 84.5 cm³/mol. The molecule has 1 amide bonds. The monoisotopic (exact) mass is 344 g/mol. The third-order valence-electron chi connectivity index (χ3n) is 3.52. The highest BCUT2D eigenvalue weighted by Gasteiger charge is 2.21. The number of carboxylic acid groups (broad SMARTS) is 1. The second-order valence-corrected chi connectivity index (χ2v) is 5.38. The van der Waals surface area contributed by atoms with Crippen molar-refractivity contribution in [1.29, 1.82) is 5.26 Å². The van der Waals surface area contributed by atoms with Gasteiger partial charge in [0.05, 0.1) is 18.1 Å². The van der Waals surface area contributed by atoms with Crippen LogP contribution in [0.4, 0.5) is 8.78 Å². The molecule has 7 heteroatoms. The fraction of sp³-hybridized carbons (Fsp3) is 0.167. The maximum atomic E-state index is 13.6. The van der Waals surface area contributed by atoms with E-state index in [1.54, 1.807) is 24.3 Å². The Labute approximate surface area is 142 Å². The van der Waals surface area contributed by atoms with Gasteiger partial charge < -0.3 is 10.4 Å². The Hall–Kier alpha value is -3.27. The van der Waals surface area contributed by atoms with Crippen LogP contribution in [0, 0.1) is 23.0 Å². The van der Waals surface area contributed by atoms with Gasteiger partial charge in [0.25, 0.3) is 0 Å². The van der Waals surface area contributed by atoms with Gasteiger partial charge in [0, 0.05) is 12.5 Å². The number of hydrogen-bond acceptors (Lipinski definition) is 3. The molecule has 0 spiro atoms. The molecule has 0 radical (unpaired) electrons. The molecule has 0 aliphatic carbocycles. The number of nitrogens with zero attached hydrogens (tertiary/aromatic N) is 1. The second kappa shape index (κ2) is 8.02. The number of nitriles is 1. The normalized spacial score (nSPS) is 11.4. The van der Waals surface area contributed by atoms with Crippen LogP contribution in [0.3, 0.4) is 0 Å². The van der Waals surface area contributed by atoms with Crippen molar-refractivity contribution in [3.8, 4) is 6.07 Å². The molecule has 0 fully saturated rings. The summed E-state index contributed by atoms with van der Waals surface area (Å²) in [6.07, 6.45) is -0.387. The highest BCUT2D eigenvalue weighted by atomic mass is 19.1. The van der Waals surface area contributed by atoms with Crippen LogP contribution in [0.2, 0.25) is 0 Å². The molecule has 2 aromatic rings. The Bertz CT molecular complexity index is 829. The van der Waals surface area contributed by atoms with E-state index in [-0.39, 0.29) is 12.0 Å². The van der Waals surface area contributed by atoms with Gasteiger partial charge in [-0.25, -0.2) is 13.6 Å². The molecule has 2 rings (SSSR count). The fourth-order valence-electron chi connectivity index (χ4n) is 2.23. The molecule has 0 saturated carbocycles. The van der Waals surface area contributed by atoms with E-state index in [1.807, 2.05) is 6.07 Å². The molecular formula is C18H14F2N2O3. The Morgan fingerprint density at radius 1 is 1.16 bits per heavy atom. The van der Waals surface area contributed by atoms with Gasteiger partial charge in [0.1, 0.15) is 17.7 Å². The van der Waals surface area contributed by atoms with Gasteiger partial charge in [-0.2, -0.15) is 5.26 Å². The minimum Gasteiger partial charge on any atom is -0.480 e. The summed E-state index contributed by atoms with van der Waals surface area (Å²) in [5.41, 5.74) is 1.03. The Morgan fingerprint density at radius 3 is 2.40 bits per heavy atom. The first-order valence-corrected chi connectivity index (χ1v) is 7.34. The zero-order valence-electron chi connectivity index (χ0n) is 13.0. The van der Waals surface area contributed by atoms with Crippen molar-refractivity contribution in [1.82, 2.24) is 5.32 Å². The fourth-order valence-corrected chi connectivity index (χ4v) is 2.23. The summed E-state index contributed by atoms with van der Waals surface area (Å²) in [6.45, 7) is 0. The number of aliphatic carboxylic acids is 1. The van der Waals surface area contributed by atoms with Crippen LogP contribution >= 0.6 is 0 Å². The lowest BCUT2D eigenvalue weighted by atomic mass is 10.0. The van der Waals surface area contributed by atoms with Crippen molar-refractivity contribution in [3.05, 3.63) is 70.8 Å². The second-order valence-electron chi connectivity index (χ2n) is 5.38. The number of rotatable bonds is 6. The summed E-state index contributed by atoms with van der Waals surface area (Å²) in [6, 6.07) is 9.86. The minimum atomic E-state index is -1.24. The summed E-state index contributed by atoms with van der Waals surface area (Å²) in [5.74, 6) is -3.55. The molecule has 2 N–H and O–H groups in total. The Kier molecular flexibility index (Phi) is 5.79. The Balaban J connectivity index is 2.03. The van der Waals surface area contributed by atoms with Gasteiger partial charge in [0.2, 0.25) is 5.91 Å². The van der Waals surface area contributed by atoms with Crippen LogP contribution in [0.15, 0.2) is 42.5 Å². The molecule has 0 aliphatic heterocycles. The molecule has 1 atom stereocenters. The quantitative estimate of drug-likeness (QED) is 0.840. The van der Waals surface area contributed by atoms with Gasteiger partial charge in [-0.3, -0.25) is 4.79 Å². The highest BCUT2D eigenvalue weighted by molar-refractivity contribution is 5.85. The van der Waals surface area contributed by atoms with Gasteiger partial charge in [-0.15, -0.1) is 0 Å². The summed E-state index contributed by atoms with van der Waals surface area (Å²) in [5, 5.41) is 20.3. The van der Waals surface area contributed by atoms with Crippen molar-refractivity contribution in [3.63, 3.8) is 0 Å². The van der Waals surface area contributed by atoms with E-state index in [0.29, 0.717) is 17.2 Å². The maximum Gasteiger partial charge on any atom is 0.326 e. The summed E-state index contributed by atoms with van der Waals surface area (Å²) in [4.78, 5) is 23.3. The van der Waals surface area contributed by atoms with E-state index in [0.717, 1.165) is 12.1 Å². The zero-order chi connectivity index (χ0) is 18.4. The maximum absolute atomic E-state index is 13.6. The molecule has 2 aromatic carbocycles. The van der Waals surface area contributed by atoms with E-state index < -0.39 is 36.0 Å². The number of carbonyl (C=O) groups is 2. The molecule has 0 aliphatic rings. The first kappa shape index (κ1) is 18.1. The van der Waals surface area contributed by atoms with Crippen LogP contribution in [0.1, 0.15) is 16.7 Å². The minimum absolute atomic E-state index is 0.0126. The average Bonchev–Trinajstić information content (AvgIpc) is 2.57. The smallest absolute Gasteiger partial charge is 0.326 e. The molecular weight excluding hydrogens is 330 g/mol. The van der Waals surface area contributed by atoms with Crippen LogP contribution < -0.4 is 5.32 Å². The number of nitrogens with one attached hydrogen (secondary N) is 1. The van der Waals surface area contributed by atoms with Crippen LogP contribution in [0.5, 0.6) is 0 Å². The van der Waals surface area contributed by atoms with Gasteiger partial charge >= 0.3 is 5.97 Å². The third-order valence-corrected chi connectivity index (χ3v) is 3.52. The van der Waals surface area contributed by atoms with Gasteiger partial charge in [0.15, 0.2) is 0 Å². The van der Waals surface area contributed by atoms with E-state index in [9.17, 15) is 23.5 Å². The summed E-state index contributed by atoms with van der Waals surface area (Å²) < 4.78 is 26.4. The lowest BCUT2D eigenvalue weighted by Crippen LogP contribution is -2.43. The lowest BCUT2D eigenvalue weighted by Gasteiger charge is -2.15. The summed E-state index contributed by atoms with van der Waals surface area (Å²) in [7, 11) is 0. The van der Waals surface area contributed by atoms with Gasteiger partial charge in [-0.1, -0.05) is 18.2 Å². The Morgan fingerprint density at radius 2 is 1.84 bits per heavy atom. The van der Waals surface area contributed by atoms with Crippen LogP contribution in [0.25, 0.3) is 0 Å². The number of halogens is 2. The predicted octanol–water partition coefficient (Wildman–Crippen LogP) is 2.19. The highest BCUT2D eigenvalue weighted by Crippen LogP contribution is 2.11. The van der Waals surface area contributed by atoms with Gasteiger partial charge in [-0.05, 0) is 29.3 Å². The molecule has 5 nitrogen and oxygen atoms in total. The first-order valence-electron chi connectivity index (χ1n) is 7.34. The van der Waals surface area contributed by atoms with Crippen molar-refractivity contribution in [2.24, 2.45) is 0 Å². The third kappa shape index (κ3) is 5.11. The lowest BCUT2D eigenvalue weighted by molar-refractivity contribution is -0.141. The van der Waals surface area contributed by atoms with Crippen LogP contribution in [-0.4, -0.2) is 23.0 Å². The molecule has 25 heavy (non-hydrogen) atoms. The number of benzene rings is 2. The molecule has 0 bridgehead atoms. The molecule has 0 unspecified atom stereocenters. The largest absolute Gasteiger partial charge is 0.480 e. The van der Waals surface area contributed by atoms with Crippen molar-refractivity contribution < 1.29 is 23.5 Å². The number of amides is 1. The van der Waals surface area contributed by atoms with Crippen molar-refractivity contribution >= 4 is 11.9 Å². The van der Waals surface area contributed by atoms with E-state index >= 15 is 0 Å². The molecule has 128 valence electrons. The summed E-state index contributed by atoms with van der Waals surface area (Å²) >= 11 is 0. The van der Waals surface area contributed by atoms with E-state index in [2.05, 4.69) is 5.32 Å². The van der Waals surface area contributed by atoms with Crippen molar-refractivity contribution in [2.75, 3.05) is 0 Å². The van der Waals surface area contributed by atoms with Crippen molar-refractivity contribution in [2.45, 2.75) is 18.9 Å². The molecule has 0 saturated heterocycles. The van der Waals surface area contributed by atoms with E-state index in [1.165, 1.54) is 0 Å². The molecule has 0 aromatic heterocycles. The SMILES string of the molecule is N#Cc1ccc(C[C@H](NC(=O)Cc2ccc(F)cc2F)C(=O)O)cc1. The number of carboxylic acids is 1. The van der Waals surface area contributed by atoms with E-state index in [4.69, 9.17) is 5.26 Å². The first-order chi connectivity index (χ1) is 11.9. The molecule has 0 heterocycles. The standard InChI is InChI=1S/C18H14F2N2O3/c19-14-6-5-13(15(20)9-14)8-17(23)22-16(18(24)25)7-11-1-3-12(10-21)4-2-11/h1-6,9,16H,7-8H2,(H,22,23)(H,24,25)/t16-/m0/s1. The van der Waals surface area contributed by atoms with Crippen LogP contribution in [-0.2, 0) is 22.4 Å². The topological polar surface area (TPSA) is 90.2 Å². The zero-order valence-corrected chi connectivity index (χ0v) is 13.0.